The van der Waals surface area contributed by atoms with Crippen molar-refractivity contribution >= 4 is 11.8 Å². The maximum atomic E-state index is 13.7. The third-order valence-electron chi connectivity index (χ3n) is 7.18. The lowest BCUT2D eigenvalue weighted by Gasteiger charge is -2.41. The van der Waals surface area contributed by atoms with Crippen LogP contribution in [0.5, 0.6) is 5.75 Å². The van der Waals surface area contributed by atoms with Crippen molar-refractivity contribution < 1.29 is 19.1 Å². The molecule has 2 heterocycles. The molecule has 184 valence electrons. The van der Waals surface area contributed by atoms with Gasteiger partial charge in [-0.15, -0.1) is 0 Å². The molecule has 0 bridgehead atoms. The summed E-state index contributed by atoms with van der Waals surface area (Å²) in [5, 5.41) is 3.37. The van der Waals surface area contributed by atoms with Crippen molar-refractivity contribution in [3.63, 3.8) is 0 Å². The summed E-state index contributed by atoms with van der Waals surface area (Å²) in [5.74, 6) is 1.67. The zero-order valence-electron chi connectivity index (χ0n) is 20.7. The van der Waals surface area contributed by atoms with Gasteiger partial charge in [0.15, 0.2) is 0 Å². The number of rotatable bonds is 5. The second kappa shape index (κ2) is 12.4. The zero-order valence-corrected chi connectivity index (χ0v) is 20.7. The van der Waals surface area contributed by atoms with Gasteiger partial charge < -0.3 is 19.7 Å². The summed E-state index contributed by atoms with van der Waals surface area (Å²) in [4.78, 5) is 28.1. The highest BCUT2D eigenvalue weighted by molar-refractivity contribution is 5.84. The number of carbonyl (C=O) groups excluding carboxylic acids is 2. The van der Waals surface area contributed by atoms with E-state index in [0.29, 0.717) is 38.6 Å². The van der Waals surface area contributed by atoms with E-state index in [0.717, 1.165) is 57.1 Å². The van der Waals surface area contributed by atoms with Crippen molar-refractivity contribution in [2.75, 3.05) is 33.4 Å². The number of hydrogen-bond donors (Lipinski definition) is 1. The Balaban J connectivity index is 1.73. The molecular formula is C27H42N2O4. The third-order valence-corrected chi connectivity index (χ3v) is 7.18. The van der Waals surface area contributed by atoms with Gasteiger partial charge in [0, 0.05) is 20.2 Å². The maximum Gasteiger partial charge on any atom is 0.226 e. The van der Waals surface area contributed by atoms with Crippen LogP contribution in [0.4, 0.5) is 0 Å². The Labute approximate surface area is 199 Å². The molecule has 3 rings (SSSR count). The first-order valence-electron chi connectivity index (χ1n) is 12.7. The van der Waals surface area contributed by atoms with E-state index in [4.69, 9.17) is 9.47 Å². The Hall–Kier alpha value is -2.08. The lowest BCUT2D eigenvalue weighted by Crippen LogP contribution is -2.53. The normalized spacial score (nSPS) is 21.9. The summed E-state index contributed by atoms with van der Waals surface area (Å²) in [6, 6.07) is 8.27. The van der Waals surface area contributed by atoms with Crippen LogP contribution in [0.2, 0.25) is 0 Å². The fraction of sp³-hybridized carbons (Fsp3) is 0.704. The molecule has 0 radical (unpaired) electrons. The quantitative estimate of drug-likeness (QED) is 0.712. The molecule has 1 N–H and O–H groups in total. The van der Waals surface area contributed by atoms with Crippen LogP contribution >= 0.6 is 0 Å². The number of amides is 2. The van der Waals surface area contributed by atoms with Gasteiger partial charge in [-0.1, -0.05) is 44.9 Å². The van der Waals surface area contributed by atoms with Gasteiger partial charge in [-0.05, 0) is 56.1 Å². The standard InChI is InChI=1S/C27H42N2O4/c1-21(2)19-23-20-33-24-11-7-6-10-22(24)9-5-4-8-13-27(26(31)28-23)14-16-29(17-15-27)25(30)12-18-32-3/h6-7,10-11,21,23H,4-5,8-9,12-20H2,1-3H3,(H,28,31)/t23-/m0/s1. The van der Waals surface area contributed by atoms with Gasteiger partial charge >= 0.3 is 0 Å². The molecule has 1 aromatic rings. The molecule has 0 unspecified atom stereocenters. The van der Waals surface area contributed by atoms with E-state index in [9.17, 15) is 9.59 Å². The minimum Gasteiger partial charge on any atom is -0.491 e. The second-order valence-electron chi connectivity index (χ2n) is 10.2. The number of nitrogens with zero attached hydrogens (tertiary/aromatic N) is 1. The maximum absolute atomic E-state index is 13.7. The summed E-state index contributed by atoms with van der Waals surface area (Å²) in [5.41, 5.74) is 0.859. The fourth-order valence-corrected chi connectivity index (χ4v) is 5.20. The molecule has 6 nitrogen and oxygen atoms in total. The number of methoxy groups -OCH3 is 1. The van der Waals surface area contributed by atoms with E-state index >= 15 is 0 Å². The number of para-hydroxylation sites is 1. The van der Waals surface area contributed by atoms with Crippen LogP contribution in [0.1, 0.15) is 70.8 Å². The van der Waals surface area contributed by atoms with Crippen molar-refractivity contribution in [3.05, 3.63) is 29.8 Å². The van der Waals surface area contributed by atoms with E-state index < -0.39 is 5.41 Å². The van der Waals surface area contributed by atoms with E-state index in [1.165, 1.54) is 5.56 Å². The number of likely N-dealkylation sites (tertiary alicyclic amines) is 1. The number of carbonyl (C=O) groups is 2. The Morgan fingerprint density at radius 1 is 1.18 bits per heavy atom. The molecule has 6 heteroatoms. The third kappa shape index (κ3) is 7.20. The van der Waals surface area contributed by atoms with Gasteiger partial charge in [-0.3, -0.25) is 9.59 Å². The highest BCUT2D eigenvalue weighted by atomic mass is 16.5. The van der Waals surface area contributed by atoms with Crippen LogP contribution in [-0.4, -0.2) is 56.2 Å². The molecule has 1 saturated heterocycles. The van der Waals surface area contributed by atoms with Gasteiger partial charge in [-0.2, -0.15) is 0 Å². The monoisotopic (exact) mass is 458 g/mol. The van der Waals surface area contributed by atoms with Crippen molar-refractivity contribution in [2.24, 2.45) is 11.3 Å². The van der Waals surface area contributed by atoms with Crippen LogP contribution in [0.15, 0.2) is 24.3 Å². The van der Waals surface area contributed by atoms with Gasteiger partial charge in [0.25, 0.3) is 0 Å². The SMILES string of the molecule is COCCC(=O)N1CCC2(CCCCCc3ccccc3OC[C@H](CC(C)C)NC2=O)CC1. The van der Waals surface area contributed by atoms with Gasteiger partial charge in [0.2, 0.25) is 11.8 Å². The minimum atomic E-state index is -0.395. The Morgan fingerprint density at radius 3 is 2.67 bits per heavy atom. The van der Waals surface area contributed by atoms with E-state index in [1.54, 1.807) is 7.11 Å². The Bertz CT molecular complexity index is 771. The molecule has 1 atom stereocenters. The first kappa shape index (κ1) is 25.5. The van der Waals surface area contributed by atoms with Gasteiger partial charge in [0.05, 0.1) is 24.5 Å². The van der Waals surface area contributed by atoms with Crippen molar-refractivity contribution in [3.8, 4) is 5.75 Å². The highest BCUT2D eigenvalue weighted by Gasteiger charge is 2.42. The van der Waals surface area contributed by atoms with E-state index in [1.807, 2.05) is 17.0 Å². The lowest BCUT2D eigenvalue weighted by atomic mass is 9.73. The summed E-state index contributed by atoms with van der Waals surface area (Å²) in [6.07, 6.45) is 7.85. The van der Waals surface area contributed by atoms with Crippen LogP contribution in [0.3, 0.4) is 0 Å². The molecule has 1 aromatic carbocycles. The number of fused-ring (bicyclic) bond motifs is 1. The lowest BCUT2D eigenvalue weighted by molar-refractivity contribution is -0.142. The van der Waals surface area contributed by atoms with E-state index in [-0.39, 0.29) is 17.9 Å². The van der Waals surface area contributed by atoms with Gasteiger partial charge in [0.1, 0.15) is 12.4 Å². The minimum absolute atomic E-state index is 0.0236. The molecule has 0 aromatic heterocycles. The summed E-state index contributed by atoms with van der Waals surface area (Å²) in [7, 11) is 1.62. The summed E-state index contributed by atoms with van der Waals surface area (Å²) in [6.45, 7) is 6.58. The summed E-state index contributed by atoms with van der Waals surface area (Å²) >= 11 is 0. The van der Waals surface area contributed by atoms with E-state index in [2.05, 4.69) is 31.3 Å². The Kier molecular flexibility index (Phi) is 9.60. The largest absolute Gasteiger partial charge is 0.491 e. The molecule has 0 aliphatic carbocycles. The Morgan fingerprint density at radius 2 is 1.94 bits per heavy atom. The average Bonchev–Trinajstić information content (AvgIpc) is 2.81. The average molecular weight is 459 g/mol. The first-order chi connectivity index (χ1) is 15.9. The zero-order chi connectivity index (χ0) is 23.7. The topological polar surface area (TPSA) is 67.9 Å². The predicted molar refractivity (Wildman–Crippen MR) is 130 cm³/mol. The van der Waals surface area contributed by atoms with Crippen molar-refractivity contribution in [1.29, 1.82) is 0 Å². The number of hydrogen-bond acceptors (Lipinski definition) is 4. The predicted octanol–water partition coefficient (Wildman–Crippen LogP) is 4.36. The molecule has 1 fully saturated rings. The van der Waals surface area contributed by atoms with Crippen LogP contribution in [0, 0.1) is 11.3 Å². The molecule has 2 aliphatic heterocycles. The molecule has 33 heavy (non-hydrogen) atoms. The number of aryl methyl sites for hydroxylation is 1. The highest BCUT2D eigenvalue weighted by Crippen LogP contribution is 2.38. The number of ether oxygens (including phenoxy) is 2. The van der Waals surface area contributed by atoms with Crippen LogP contribution < -0.4 is 10.1 Å². The molecule has 2 aliphatic rings. The molecule has 2 amide bonds. The van der Waals surface area contributed by atoms with Crippen LogP contribution in [-0.2, 0) is 20.7 Å². The van der Waals surface area contributed by atoms with Crippen molar-refractivity contribution in [1.82, 2.24) is 10.2 Å². The molecular weight excluding hydrogens is 416 g/mol. The second-order valence-corrected chi connectivity index (χ2v) is 10.2. The summed E-state index contributed by atoms with van der Waals surface area (Å²) < 4.78 is 11.3. The number of piperidine rings is 1. The first-order valence-corrected chi connectivity index (χ1v) is 12.7. The number of nitrogens with one attached hydrogen (secondary N) is 1. The van der Waals surface area contributed by atoms with Crippen molar-refractivity contribution in [2.45, 2.75) is 77.7 Å². The fourth-order valence-electron chi connectivity index (χ4n) is 5.20. The molecule has 0 saturated carbocycles. The molecule has 1 spiro atoms. The van der Waals surface area contributed by atoms with Crippen LogP contribution in [0.25, 0.3) is 0 Å². The van der Waals surface area contributed by atoms with Gasteiger partial charge in [-0.25, -0.2) is 0 Å². The smallest absolute Gasteiger partial charge is 0.226 e. The number of benzene rings is 1.